The summed E-state index contributed by atoms with van der Waals surface area (Å²) in [6.45, 7) is 4.45. The number of amides is 2. The molecule has 2 amide bonds. The van der Waals surface area contributed by atoms with Crippen LogP contribution in [0, 0.1) is 0 Å². The number of hydrogen-bond donors (Lipinski definition) is 3. The van der Waals surface area contributed by atoms with E-state index in [-0.39, 0.29) is 30.9 Å². The summed E-state index contributed by atoms with van der Waals surface area (Å²) in [5.41, 5.74) is 7.11. The van der Waals surface area contributed by atoms with Gasteiger partial charge in [-0.25, -0.2) is 4.98 Å². The van der Waals surface area contributed by atoms with Gasteiger partial charge in [0.05, 0.1) is 30.2 Å². The number of carbonyl (C=O) groups excluding carboxylic acids is 2. The minimum atomic E-state index is -0.358. The Kier molecular flexibility index (Phi) is 5.11. The van der Waals surface area contributed by atoms with Gasteiger partial charge in [0, 0.05) is 6.54 Å². The summed E-state index contributed by atoms with van der Waals surface area (Å²) >= 11 is 0. The maximum Gasteiger partial charge on any atom is 0.239 e. The molecule has 1 aromatic carbocycles. The van der Waals surface area contributed by atoms with Gasteiger partial charge in [-0.2, -0.15) is 0 Å². The highest BCUT2D eigenvalue weighted by molar-refractivity contribution is 5.85. The second kappa shape index (κ2) is 7.04. The van der Waals surface area contributed by atoms with E-state index in [4.69, 9.17) is 5.73 Å². The van der Waals surface area contributed by atoms with Crippen LogP contribution in [0.1, 0.15) is 25.7 Å². The number of aryl methyl sites for hydroxylation is 1. The molecule has 0 saturated heterocycles. The number of carbonyl (C=O) groups is 2. The number of imidazole rings is 1. The molecule has 1 heterocycles. The van der Waals surface area contributed by atoms with Crippen LogP contribution < -0.4 is 16.4 Å². The fourth-order valence-corrected chi connectivity index (χ4v) is 2.37. The Hall–Kier alpha value is -2.41. The molecule has 0 saturated carbocycles. The number of benzene rings is 1. The van der Waals surface area contributed by atoms with Crippen LogP contribution in [0.3, 0.4) is 0 Å². The van der Waals surface area contributed by atoms with Crippen LogP contribution in [0.25, 0.3) is 11.0 Å². The average molecular weight is 303 g/mol. The quantitative estimate of drug-likeness (QED) is 0.714. The zero-order valence-corrected chi connectivity index (χ0v) is 12.8. The number of para-hydroxylation sites is 2. The molecule has 0 bridgehead atoms. The van der Waals surface area contributed by atoms with Crippen LogP contribution in [0.15, 0.2) is 24.3 Å². The van der Waals surface area contributed by atoms with Gasteiger partial charge in [0.25, 0.3) is 0 Å². The molecule has 22 heavy (non-hydrogen) atoms. The first-order valence-electron chi connectivity index (χ1n) is 7.28. The van der Waals surface area contributed by atoms with E-state index >= 15 is 0 Å². The zero-order chi connectivity index (χ0) is 16.1. The number of nitrogens with one attached hydrogen (secondary N) is 2. The number of aromatic nitrogens is 2. The highest BCUT2D eigenvalue weighted by atomic mass is 16.2. The van der Waals surface area contributed by atoms with E-state index in [0.717, 1.165) is 23.4 Å². The van der Waals surface area contributed by atoms with E-state index in [1.807, 2.05) is 38.1 Å². The largest absolute Gasteiger partial charge is 0.346 e. The van der Waals surface area contributed by atoms with Crippen molar-refractivity contribution in [3.63, 3.8) is 0 Å². The molecule has 7 heteroatoms. The predicted octanol–water partition coefficient (Wildman–Crippen LogP) is 0.308. The molecule has 0 fully saturated rings. The van der Waals surface area contributed by atoms with Gasteiger partial charge in [0.1, 0.15) is 5.82 Å². The lowest BCUT2D eigenvalue weighted by Crippen LogP contribution is -2.40. The van der Waals surface area contributed by atoms with Crippen LogP contribution in [0.4, 0.5) is 0 Å². The lowest BCUT2D eigenvalue weighted by molar-refractivity contribution is -0.125. The Labute approximate surface area is 128 Å². The summed E-state index contributed by atoms with van der Waals surface area (Å²) in [7, 11) is 0. The Balaban J connectivity index is 2.11. The van der Waals surface area contributed by atoms with E-state index in [9.17, 15) is 9.59 Å². The molecule has 0 aliphatic carbocycles. The van der Waals surface area contributed by atoms with Crippen LogP contribution in [0.5, 0.6) is 0 Å². The molecular weight excluding hydrogens is 282 g/mol. The van der Waals surface area contributed by atoms with Gasteiger partial charge in [0.15, 0.2) is 0 Å². The standard InChI is InChI=1S/C15H21N5O2/c1-3-20-12-7-5-4-6-11(12)19-15(20)10(2)18-14(22)9-17-13(21)8-16/h4-7,10H,3,8-9,16H2,1-2H3,(H,17,21)(H,18,22). The van der Waals surface area contributed by atoms with Crippen molar-refractivity contribution in [2.75, 3.05) is 13.1 Å². The van der Waals surface area contributed by atoms with E-state index in [1.165, 1.54) is 0 Å². The maximum absolute atomic E-state index is 11.9. The third-order valence-electron chi connectivity index (χ3n) is 3.40. The second-order valence-electron chi connectivity index (χ2n) is 4.97. The lowest BCUT2D eigenvalue weighted by atomic mass is 10.3. The van der Waals surface area contributed by atoms with Crippen molar-refractivity contribution in [3.8, 4) is 0 Å². The van der Waals surface area contributed by atoms with Crippen molar-refractivity contribution in [2.24, 2.45) is 5.73 Å². The third-order valence-corrected chi connectivity index (χ3v) is 3.40. The van der Waals surface area contributed by atoms with Crippen molar-refractivity contribution in [2.45, 2.75) is 26.4 Å². The normalized spacial score (nSPS) is 12.1. The Bertz CT molecular complexity index is 680. The van der Waals surface area contributed by atoms with Crippen LogP contribution in [0.2, 0.25) is 0 Å². The summed E-state index contributed by atoms with van der Waals surface area (Å²) in [6, 6.07) is 7.59. The van der Waals surface area contributed by atoms with Gasteiger partial charge < -0.3 is 20.9 Å². The first-order valence-corrected chi connectivity index (χ1v) is 7.28. The Morgan fingerprint density at radius 3 is 2.73 bits per heavy atom. The van der Waals surface area contributed by atoms with Crippen molar-refractivity contribution in [1.29, 1.82) is 0 Å². The lowest BCUT2D eigenvalue weighted by Gasteiger charge is -2.15. The Morgan fingerprint density at radius 2 is 2.05 bits per heavy atom. The average Bonchev–Trinajstić information content (AvgIpc) is 2.91. The topological polar surface area (TPSA) is 102 Å². The molecule has 1 aromatic heterocycles. The maximum atomic E-state index is 11.9. The highest BCUT2D eigenvalue weighted by Crippen LogP contribution is 2.20. The van der Waals surface area contributed by atoms with Crippen LogP contribution >= 0.6 is 0 Å². The molecule has 0 aliphatic heterocycles. The van der Waals surface area contributed by atoms with Crippen molar-refractivity contribution in [3.05, 3.63) is 30.1 Å². The molecular formula is C15H21N5O2. The number of nitrogens with zero attached hydrogens (tertiary/aromatic N) is 2. The van der Waals surface area contributed by atoms with Gasteiger partial charge >= 0.3 is 0 Å². The fourth-order valence-electron chi connectivity index (χ4n) is 2.37. The number of fused-ring (bicyclic) bond motifs is 1. The smallest absolute Gasteiger partial charge is 0.239 e. The minimum Gasteiger partial charge on any atom is -0.346 e. The highest BCUT2D eigenvalue weighted by Gasteiger charge is 2.17. The van der Waals surface area contributed by atoms with Gasteiger partial charge in [-0.1, -0.05) is 12.1 Å². The van der Waals surface area contributed by atoms with E-state index in [0.29, 0.717) is 0 Å². The predicted molar refractivity (Wildman–Crippen MR) is 84.0 cm³/mol. The molecule has 2 rings (SSSR count). The third kappa shape index (κ3) is 3.43. The van der Waals surface area contributed by atoms with Crippen LogP contribution in [-0.2, 0) is 16.1 Å². The van der Waals surface area contributed by atoms with Crippen molar-refractivity contribution >= 4 is 22.8 Å². The summed E-state index contributed by atoms with van der Waals surface area (Å²) in [6.07, 6.45) is 0. The van der Waals surface area contributed by atoms with E-state index < -0.39 is 0 Å². The summed E-state index contributed by atoms with van der Waals surface area (Å²) < 4.78 is 2.07. The number of hydrogen-bond acceptors (Lipinski definition) is 4. The van der Waals surface area contributed by atoms with Crippen molar-refractivity contribution in [1.82, 2.24) is 20.2 Å². The Morgan fingerprint density at radius 1 is 1.32 bits per heavy atom. The first-order chi connectivity index (χ1) is 10.6. The zero-order valence-electron chi connectivity index (χ0n) is 12.8. The van der Waals surface area contributed by atoms with Gasteiger partial charge in [-0.15, -0.1) is 0 Å². The van der Waals surface area contributed by atoms with Gasteiger partial charge in [-0.05, 0) is 26.0 Å². The van der Waals surface area contributed by atoms with Crippen molar-refractivity contribution < 1.29 is 9.59 Å². The van der Waals surface area contributed by atoms with Gasteiger partial charge in [0.2, 0.25) is 11.8 Å². The molecule has 0 radical (unpaired) electrons. The van der Waals surface area contributed by atoms with Gasteiger partial charge in [-0.3, -0.25) is 9.59 Å². The summed E-state index contributed by atoms with van der Waals surface area (Å²) in [5, 5.41) is 5.27. The number of rotatable bonds is 6. The van der Waals surface area contributed by atoms with E-state index in [1.54, 1.807) is 0 Å². The monoisotopic (exact) mass is 303 g/mol. The van der Waals surface area contributed by atoms with Crippen LogP contribution in [-0.4, -0.2) is 34.5 Å². The molecule has 0 aliphatic rings. The molecule has 1 unspecified atom stereocenters. The molecule has 2 aromatic rings. The number of nitrogens with two attached hydrogens (primary N) is 1. The molecule has 0 spiro atoms. The minimum absolute atomic E-state index is 0.0905. The van der Waals surface area contributed by atoms with E-state index in [2.05, 4.69) is 20.2 Å². The fraction of sp³-hybridized carbons (Fsp3) is 0.400. The molecule has 1 atom stereocenters. The second-order valence-corrected chi connectivity index (χ2v) is 4.97. The summed E-state index contributed by atoms with van der Waals surface area (Å²) in [4.78, 5) is 27.5. The summed E-state index contributed by atoms with van der Waals surface area (Å²) in [5.74, 6) is 0.162. The molecule has 7 nitrogen and oxygen atoms in total. The molecule has 4 N–H and O–H groups in total. The SMILES string of the molecule is CCn1c(C(C)NC(=O)CNC(=O)CN)nc2ccccc21. The molecule has 118 valence electrons. The first kappa shape index (κ1) is 16.0.